The Balaban J connectivity index is 2.26. The number of carbonyl (C=O) groups excluding carboxylic acids is 1. The van der Waals surface area contributed by atoms with Gasteiger partial charge in [-0.25, -0.2) is 0 Å². The maximum Gasteiger partial charge on any atom is 0.259 e. The molecule has 21 heavy (non-hydrogen) atoms. The van der Waals surface area contributed by atoms with Crippen LogP contribution in [0.1, 0.15) is 15.9 Å². The molecule has 1 amide bonds. The molecule has 0 radical (unpaired) electrons. The number of nitrogen functional groups attached to an aromatic ring is 1. The van der Waals surface area contributed by atoms with E-state index in [1.165, 1.54) is 7.11 Å². The second-order valence-corrected chi connectivity index (χ2v) is 4.57. The summed E-state index contributed by atoms with van der Waals surface area (Å²) in [4.78, 5) is 12.3. The molecule has 5 heteroatoms. The van der Waals surface area contributed by atoms with Crippen LogP contribution < -0.4 is 20.5 Å². The highest BCUT2D eigenvalue weighted by atomic mass is 16.5. The quantitative estimate of drug-likeness (QED) is 0.848. The number of rotatable bonds is 4. The van der Waals surface area contributed by atoms with Gasteiger partial charge < -0.3 is 20.5 Å². The van der Waals surface area contributed by atoms with Crippen molar-refractivity contribution in [1.82, 2.24) is 0 Å². The van der Waals surface area contributed by atoms with Crippen molar-refractivity contribution in [1.29, 1.82) is 0 Å². The minimum Gasteiger partial charge on any atom is -0.496 e. The van der Waals surface area contributed by atoms with Crippen molar-refractivity contribution in [3.8, 4) is 11.5 Å². The Hall–Kier alpha value is -2.69. The summed E-state index contributed by atoms with van der Waals surface area (Å²) < 4.78 is 10.4. The molecule has 2 aromatic rings. The van der Waals surface area contributed by atoms with E-state index in [9.17, 15) is 4.79 Å². The lowest BCUT2D eigenvalue weighted by Crippen LogP contribution is -2.14. The van der Waals surface area contributed by atoms with E-state index >= 15 is 0 Å². The van der Waals surface area contributed by atoms with Crippen LogP contribution >= 0.6 is 0 Å². The van der Waals surface area contributed by atoms with Crippen LogP contribution in [0.15, 0.2) is 36.4 Å². The predicted molar refractivity (Wildman–Crippen MR) is 83.1 cm³/mol. The molecule has 2 aromatic carbocycles. The summed E-state index contributed by atoms with van der Waals surface area (Å²) in [6.07, 6.45) is 0. The third-order valence-corrected chi connectivity index (χ3v) is 3.15. The lowest BCUT2D eigenvalue weighted by molar-refractivity contribution is 0.102. The van der Waals surface area contributed by atoms with Crippen LogP contribution in [0.4, 0.5) is 11.4 Å². The number of hydrogen-bond acceptors (Lipinski definition) is 4. The van der Waals surface area contributed by atoms with Crippen LogP contribution in [0.3, 0.4) is 0 Å². The molecule has 0 saturated heterocycles. The predicted octanol–water partition coefficient (Wildman–Crippen LogP) is 2.85. The Morgan fingerprint density at radius 2 is 1.90 bits per heavy atom. The molecule has 110 valence electrons. The van der Waals surface area contributed by atoms with E-state index in [0.717, 1.165) is 11.3 Å². The number of carbonyl (C=O) groups is 1. The third-order valence-electron chi connectivity index (χ3n) is 3.15. The fourth-order valence-electron chi connectivity index (χ4n) is 2.12. The standard InChI is InChI=1S/C16H18N2O3/c1-10-9-11(7-8-14(10)20-2)18-16(19)12-5-4-6-13(17)15(12)21-3/h4-9H,17H2,1-3H3,(H,18,19). The van der Waals surface area contributed by atoms with Crippen molar-refractivity contribution >= 4 is 17.3 Å². The highest BCUT2D eigenvalue weighted by molar-refractivity contribution is 6.07. The molecule has 5 nitrogen and oxygen atoms in total. The first-order chi connectivity index (χ1) is 10.1. The smallest absolute Gasteiger partial charge is 0.259 e. The molecule has 0 aliphatic rings. The molecule has 0 spiro atoms. The maximum absolute atomic E-state index is 12.3. The number of methoxy groups -OCH3 is 2. The van der Waals surface area contributed by atoms with E-state index in [4.69, 9.17) is 15.2 Å². The van der Waals surface area contributed by atoms with E-state index in [-0.39, 0.29) is 5.91 Å². The number of amides is 1. The molecular weight excluding hydrogens is 268 g/mol. The van der Waals surface area contributed by atoms with E-state index in [2.05, 4.69) is 5.32 Å². The Bertz CT molecular complexity index is 669. The molecule has 0 aromatic heterocycles. The van der Waals surface area contributed by atoms with Crippen LogP contribution in [0.5, 0.6) is 11.5 Å². The SMILES string of the molecule is COc1ccc(NC(=O)c2cccc(N)c2OC)cc1C. The van der Waals surface area contributed by atoms with Gasteiger partial charge in [-0.1, -0.05) is 6.07 Å². The molecular formula is C16H18N2O3. The normalized spacial score (nSPS) is 10.0. The second-order valence-electron chi connectivity index (χ2n) is 4.57. The number of ether oxygens (including phenoxy) is 2. The topological polar surface area (TPSA) is 73.6 Å². The van der Waals surface area contributed by atoms with Gasteiger partial charge in [-0.2, -0.15) is 0 Å². The minimum atomic E-state index is -0.274. The summed E-state index contributed by atoms with van der Waals surface area (Å²) in [6, 6.07) is 10.5. The summed E-state index contributed by atoms with van der Waals surface area (Å²) in [5.41, 5.74) is 8.25. The van der Waals surface area contributed by atoms with Crippen molar-refractivity contribution in [3.05, 3.63) is 47.5 Å². The van der Waals surface area contributed by atoms with Crippen molar-refractivity contribution < 1.29 is 14.3 Å². The Kier molecular flexibility index (Phi) is 4.33. The lowest BCUT2D eigenvalue weighted by Gasteiger charge is -2.12. The van der Waals surface area contributed by atoms with Gasteiger partial charge >= 0.3 is 0 Å². The van der Waals surface area contributed by atoms with Gasteiger partial charge in [0.25, 0.3) is 5.91 Å². The largest absolute Gasteiger partial charge is 0.496 e. The maximum atomic E-state index is 12.3. The van der Waals surface area contributed by atoms with Crippen LogP contribution in [-0.2, 0) is 0 Å². The Labute approximate surface area is 123 Å². The first kappa shape index (κ1) is 14.7. The van der Waals surface area contributed by atoms with Crippen LogP contribution in [0.2, 0.25) is 0 Å². The number of aryl methyl sites for hydroxylation is 1. The molecule has 0 fully saturated rings. The summed E-state index contributed by atoms with van der Waals surface area (Å²) in [5, 5.41) is 2.82. The number of nitrogens with one attached hydrogen (secondary N) is 1. The van der Waals surface area contributed by atoms with E-state index in [0.29, 0.717) is 22.7 Å². The second kappa shape index (κ2) is 6.17. The molecule has 0 heterocycles. The van der Waals surface area contributed by atoms with E-state index < -0.39 is 0 Å². The first-order valence-electron chi connectivity index (χ1n) is 6.45. The van der Waals surface area contributed by atoms with Gasteiger partial charge in [0.1, 0.15) is 5.75 Å². The molecule has 0 bridgehead atoms. The average molecular weight is 286 g/mol. The van der Waals surface area contributed by atoms with Crippen molar-refractivity contribution in [2.24, 2.45) is 0 Å². The number of nitrogens with two attached hydrogens (primary N) is 1. The zero-order valence-corrected chi connectivity index (χ0v) is 12.3. The van der Waals surface area contributed by atoms with Gasteiger partial charge in [0.15, 0.2) is 5.75 Å². The van der Waals surface area contributed by atoms with E-state index in [1.807, 2.05) is 19.1 Å². The van der Waals surface area contributed by atoms with Crippen LogP contribution in [-0.4, -0.2) is 20.1 Å². The number of anilines is 2. The summed E-state index contributed by atoms with van der Waals surface area (Å²) in [7, 11) is 3.10. The first-order valence-corrected chi connectivity index (χ1v) is 6.45. The zero-order valence-electron chi connectivity index (χ0n) is 12.3. The number of benzene rings is 2. The highest BCUT2D eigenvalue weighted by Gasteiger charge is 2.14. The Morgan fingerprint density at radius 3 is 2.52 bits per heavy atom. The number of hydrogen-bond donors (Lipinski definition) is 2. The van der Waals surface area contributed by atoms with Crippen LogP contribution in [0, 0.1) is 6.92 Å². The third kappa shape index (κ3) is 3.08. The monoisotopic (exact) mass is 286 g/mol. The fraction of sp³-hybridized carbons (Fsp3) is 0.188. The lowest BCUT2D eigenvalue weighted by atomic mass is 10.1. The Morgan fingerprint density at radius 1 is 1.14 bits per heavy atom. The highest BCUT2D eigenvalue weighted by Crippen LogP contribution is 2.27. The van der Waals surface area contributed by atoms with Gasteiger partial charge in [0.2, 0.25) is 0 Å². The van der Waals surface area contributed by atoms with Gasteiger partial charge in [-0.05, 0) is 42.8 Å². The van der Waals surface area contributed by atoms with E-state index in [1.54, 1.807) is 31.4 Å². The summed E-state index contributed by atoms with van der Waals surface area (Å²) in [5.74, 6) is 0.874. The van der Waals surface area contributed by atoms with Gasteiger partial charge in [0, 0.05) is 5.69 Å². The number of para-hydroxylation sites is 1. The molecule has 0 unspecified atom stereocenters. The molecule has 3 N–H and O–H groups in total. The van der Waals surface area contributed by atoms with Crippen LogP contribution in [0.25, 0.3) is 0 Å². The minimum absolute atomic E-state index is 0.274. The average Bonchev–Trinajstić information content (AvgIpc) is 2.47. The molecule has 0 saturated carbocycles. The molecule has 0 aliphatic carbocycles. The molecule has 2 rings (SSSR count). The molecule has 0 aliphatic heterocycles. The summed E-state index contributed by atoms with van der Waals surface area (Å²) >= 11 is 0. The van der Waals surface area contributed by atoms with Crippen molar-refractivity contribution in [3.63, 3.8) is 0 Å². The van der Waals surface area contributed by atoms with Crippen molar-refractivity contribution in [2.75, 3.05) is 25.3 Å². The molecule has 0 atom stereocenters. The van der Waals surface area contributed by atoms with Gasteiger partial charge in [-0.15, -0.1) is 0 Å². The fourth-order valence-corrected chi connectivity index (χ4v) is 2.12. The van der Waals surface area contributed by atoms with Gasteiger partial charge in [-0.3, -0.25) is 4.79 Å². The van der Waals surface area contributed by atoms with Crippen molar-refractivity contribution in [2.45, 2.75) is 6.92 Å². The summed E-state index contributed by atoms with van der Waals surface area (Å²) in [6.45, 7) is 1.91. The zero-order chi connectivity index (χ0) is 15.4. The van der Waals surface area contributed by atoms with Gasteiger partial charge in [0.05, 0.1) is 25.5 Å².